The molecule has 0 radical (unpaired) electrons. The fourth-order valence-electron chi connectivity index (χ4n) is 1.70. The van der Waals surface area contributed by atoms with Crippen molar-refractivity contribution in [2.24, 2.45) is 0 Å². The van der Waals surface area contributed by atoms with Crippen molar-refractivity contribution >= 4 is 17.6 Å². The van der Waals surface area contributed by atoms with Crippen molar-refractivity contribution in [3.8, 4) is 11.3 Å². The summed E-state index contributed by atoms with van der Waals surface area (Å²) in [6.45, 7) is 6.26. The van der Waals surface area contributed by atoms with Gasteiger partial charge in [0.15, 0.2) is 11.3 Å². The molecule has 16 heavy (non-hydrogen) atoms. The van der Waals surface area contributed by atoms with Gasteiger partial charge >= 0.3 is 0 Å². The summed E-state index contributed by atoms with van der Waals surface area (Å²) in [5, 5.41) is 2.47. The van der Waals surface area contributed by atoms with E-state index >= 15 is 0 Å². The van der Waals surface area contributed by atoms with Gasteiger partial charge in [-0.3, -0.25) is 4.79 Å². The molecule has 0 aliphatic carbocycles. The second kappa shape index (κ2) is 4.18. The Morgan fingerprint density at radius 3 is 2.44 bits per heavy atom. The molecular formula is C13H13NOS. The Kier molecular flexibility index (Phi) is 2.88. The SMILES string of the molecule is Cc1cc(C)c(-c2csc(C=O)n2)cc1C. The van der Waals surface area contributed by atoms with Crippen LogP contribution >= 0.6 is 11.3 Å². The quantitative estimate of drug-likeness (QED) is 0.740. The van der Waals surface area contributed by atoms with E-state index in [1.165, 1.54) is 28.0 Å². The number of benzene rings is 1. The number of carbonyl (C=O) groups is 1. The molecule has 82 valence electrons. The van der Waals surface area contributed by atoms with Crippen molar-refractivity contribution in [2.45, 2.75) is 20.8 Å². The van der Waals surface area contributed by atoms with E-state index in [4.69, 9.17) is 0 Å². The molecule has 0 saturated carbocycles. The summed E-state index contributed by atoms with van der Waals surface area (Å²) in [5.41, 5.74) is 5.75. The van der Waals surface area contributed by atoms with E-state index in [9.17, 15) is 4.79 Å². The molecular weight excluding hydrogens is 218 g/mol. The average Bonchev–Trinajstić information content (AvgIpc) is 2.71. The number of hydrogen-bond acceptors (Lipinski definition) is 3. The van der Waals surface area contributed by atoms with E-state index in [2.05, 4.69) is 37.9 Å². The van der Waals surface area contributed by atoms with Crippen LogP contribution in [0.2, 0.25) is 0 Å². The van der Waals surface area contributed by atoms with Gasteiger partial charge in [0.25, 0.3) is 0 Å². The first kappa shape index (κ1) is 11.0. The average molecular weight is 231 g/mol. The number of carbonyl (C=O) groups excluding carboxylic acids is 1. The van der Waals surface area contributed by atoms with Gasteiger partial charge in [-0.2, -0.15) is 0 Å². The first-order valence-corrected chi connectivity index (χ1v) is 5.98. The van der Waals surface area contributed by atoms with E-state index in [1.807, 2.05) is 5.38 Å². The molecule has 0 bridgehead atoms. The first-order chi connectivity index (χ1) is 7.61. The van der Waals surface area contributed by atoms with Gasteiger partial charge in [0, 0.05) is 10.9 Å². The van der Waals surface area contributed by atoms with Crippen molar-refractivity contribution in [1.29, 1.82) is 0 Å². The summed E-state index contributed by atoms with van der Waals surface area (Å²) >= 11 is 1.38. The Morgan fingerprint density at radius 1 is 1.12 bits per heavy atom. The minimum Gasteiger partial charge on any atom is -0.295 e. The van der Waals surface area contributed by atoms with Gasteiger partial charge in [-0.1, -0.05) is 6.07 Å². The molecule has 2 nitrogen and oxygen atoms in total. The minimum atomic E-state index is 0.535. The molecule has 1 heterocycles. The Balaban J connectivity index is 2.55. The summed E-state index contributed by atoms with van der Waals surface area (Å²) in [7, 11) is 0. The fourth-order valence-corrected chi connectivity index (χ4v) is 2.32. The van der Waals surface area contributed by atoms with E-state index < -0.39 is 0 Å². The number of rotatable bonds is 2. The molecule has 2 aromatic rings. The molecule has 0 N–H and O–H groups in total. The highest BCUT2D eigenvalue weighted by atomic mass is 32.1. The topological polar surface area (TPSA) is 30.0 Å². The third-order valence-electron chi connectivity index (χ3n) is 2.74. The predicted octanol–water partition coefficient (Wildman–Crippen LogP) is 3.55. The normalized spacial score (nSPS) is 10.4. The summed E-state index contributed by atoms with van der Waals surface area (Å²) in [6.07, 6.45) is 0.796. The molecule has 0 unspecified atom stereocenters. The second-order valence-electron chi connectivity index (χ2n) is 3.94. The molecule has 0 saturated heterocycles. The molecule has 1 aromatic heterocycles. The Bertz CT molecular complexity index is 543. The van der Waals surface area contributed by atoms with Crippen molar-refractivity contribution in [2.75, 3.05) is 0 Å². The van der Waals surface area contributed by atoms with Crippen LogP contribution < -0.4 is 0 Å². The number of thiazole rings is 1. The zero-order valence-corrected chi connectivity index (χ0v) is 10.4. The van der Waals surface area contributed by atoms with Crippen LogP contribution in [0.5, 0.6) is 0 Å². The number of aldehydes is 1. The van der Waals surface area contributed by atoms with Crippen molar-refractivity contribution in [3.05, 3.63) is 39.2 Å². The molecule has 0 aliphatic rings. The van der Waals surface area contributed by atoms with E-state index in [0.717, 1.165) is 17.5 Å². The Hall–Kier alpha value is -1.48. The second-order valence-corrected chi connectivity index (χ2v) is 4.83. The molecule has 1 aromatic carbocycles. The zero-order valence-electron chi connectivity index (χ0n) is 9.57. The van der Waals surface area contributed by atoms with Crippen LogP contribution in [0.3, 0.4) is 0 Å². The lowest BCUT2D eigenvalue weighted by molar-refractivity contribution is 0.112. The molecule has 2 rings (SSSR count). The molecule has 0 fully saturated rings. The van der Waals surface area contributed by atoms with Gasteiger partial charge < -0.3 is 0 Å². The van der Waals surface area contributed by atoms with Gasteiger partial charge in [0.1, 0.15) is 0 Å². The van der Waals surface area contributed by atoms with Crippen LogP contribution in [0, 0.1) is 20.8 Å². The summed E-state index contributed by atoms with van der Waals surface area (Å²) in [6, 6.07) is 4.29. The lowest BCUT2D eigenvalue weighted by Gasteiger charge is -2.07. The van der Waals surface area contributed by atoms with Crippen LogP contribution in [-0.2, 0) is 0 Å². The van der Waals surface area contributed by atoms with Crippen LogP contribution in [0.1, 0.15) is 26.5 Å². The van der Waals surface area contributed by atoms with Gasteiger partial charge in [-0.25, -0.2) is 4.98 Å². The number of nitrogens with zero attached hydrogens (tertiary/aromatic N) is 1. The third kappa shape index (κ3) is 1.91. The smallest absolute Gasteiger partial charge is 0.178 e. The highest BCUT2D eigenvalue weighted by molar-refractivity contribution is 7.11. The van der Waals surface area contributed by atoms with Gasteiger partial charge in [-0.15, -0.1) is 11.3 Å². The standard InChI is InChI=1S/C13H13NOS/c1-8-4-10(3)11(5-9(8)2)12-7-16-13(6-15)14-12/h4-7H,1-3H3. The zero-order chi connectivity index (χ0) is 11.7. The third-order valence-corrected chi connectivity index (χ3v) is 3.51. The fraction of sp³-hybridized carbons (Fsp3) is 0.231. The predicted molar refractivity (Wildman–Crippen MR) is 67.1 cm³/mol. The van der Waals surface area contributed by atoms with Crippen LogP contribution in [-0.4, -0.2) is 11.3 Å². The largest absolute Gasteiger partial charge is 0.295 e. The van der Waals surface area contributed by atoms with Crippen molar-refractivity contribution < 1.29 is 4.79 Å². The maximum Gasteiger partial charge on any atom is 0.178 e. The minimum absolute atomic E-state index is 0.535. The van der Waals surface area contributed by atoms with E-state index in [-0.39, 0.29) is 0 Å². The number of aryl methyl sites for hydroxylation is 3. The van der Waals surface area contributed by atoms with Crippen LogP contribution in [0.15, 0.2) is 17.5 Å². The molecule has 0 spiro atoms. The lowest BCUT2D eigenvalue weighted by Crippen LogP contribution is -1.89. The lowest BCUT2D eigenvalue weighted by atomic mass is 9.99. The summed E-state index contributed by atoms with van der Waals surface area (Å²) < 4.78 is 0. The first-order valence-electron chi connectivity index (χ1n) is 5.10. The van der Waals surface area contributed by atoms with E-state index in [1.54, 1.807) is 0 Å². The molecule has 0 amide bonds. The summed E-state index contributed by atoms with van der Waals surface area (Å²) in [4.78, 5) is 14.9. The molecule has 0 atom stereocenters. The highest BCUT2D eigenvalue weighted by Gasteiger charge is 2.08. The number of hydrogen-bond donors (Lipinski definition) is 0. The van der Waals surface area contributed by atoms with Gasteiger partial charge in [0.2, 0.25) is 0 Å². The maximum atomic E-state index is 10.6. The monoisotopic (exact) mass is 231 g/mol. The van der Waals surface area contributed by atoms with Gasteiger partial charge in [-0.05, 0) is 43.5 Å². The van der Waals surface area contributed by atoms with Crippen LogP contribution in [0.25, 0.3) is 11.3 Å². The van der Waals surface area contributed by atoms with Gasteiger partial charge in [0.05, 0.1) is 5.69 Å². The summed E-state index contributed by atoms with van der Waals surface area (Å²) in [5.74, 6) is 0. The highest BCUT2D eigenvalue weighted by Crippen LogP contribution is 2.27. The maximum absolute atomic E-state index is 10.6. The molecule has 0 aliphatic heterocycles. The van der Waals surface area contributed by atoms with Crippen molar-refractivity contribution in [1.82, 2.24) is 4.98 Å². The number of aromatic nitrogens is 1. The van der Waals surface area contributed by atoms with E-state index in [0.29, 0.717) is 5.01 Å². The van der Waals surface area contributed by atoms with Crippen molar-refractivity contribution in [3.63, 3.8) is 0 Å². The Labute approximate surface area is 99.0 Å². The molecule has 3 heteroatoms. The Morgan fingerprint density at radius 2 is 1.81 bits per heavy atom. The van der Waals surface area contributed by atoms with Crippen LogP contribution in [0.4, 0.5) is 0 Å².